The van der Waals surface area contributed by atoms with E-state index in [9.17, 15) is 16.8 Å². The molecule has 0 aromatic heterocycles. The molecule has 0 amide bonds. The van der Waals surface area contributed by atoms with Gasteiger partial charge in [0.05, 0.1) is 10.6 Å². The molecule has 0 saturated carbocycles. The van der Waals surface area contributed by atoms with Crippen molar-refractivity contribution < 1.29 is 16.8 Å². The molecule has 1 unspecified atom stereocenters. The quantitative estimate of drug-likeness (QED) is 0.814. The van der Waals surface area contributed by atoms with Gasteiger partial charge in [-0.2, -0.15) is 0 Å². The Bertz CT molecular complexity index is 666. The number of rotatable bonds is 6. The Morgan fingerprint density at radius 3 is 2.25 bits per heavy atom. The highest BCUT2D eigenvalue weighted by molar-refractivity contribution is 7.89. The largest absolute Gasteiger partial charge is 0.238 e. The molecule has 0 fully saturated rings. The zero-order chi connectivity index (χ0) is 15.6. The maximum atomic E-state index is 11.9. The molecule has 1 rings (SSSR count). The van der Waals surface area contributed by atoms with Gasteiger partial charge in [0.15, 0.2) is 0 Å². The van der Waals surface area contributed by atoms with Gasteiger partial charge in [0.1, 0.15) is 0 Å². The van der Waals surface area contributed by atoms with Crippen LogP contribution in [0.4, 0.5) is 0 Å². The second kappa shape index (κ2) is 6.21. The van der Waals surface area contributed by atoms with E-state index >= 15 is 0 Å². The topological polar surface area (TPSA) is 106 Å². The van der Waals surface area contributed by atoms with Gasteiger partial charge in [-0.25, -0.2) is 26.7 Å². The van der Waals surface area contributed by atoms with E-state index < -0.39 is 26.1 Å². The first-order chi connectivity index (χ1) is 9.01. The first-order valence-electron chi connectivity index (χ1n) is 6.14. The van der Waals surface area contributed by atoms with Gasteiger partial charge >= 0.3 is 0 Å². The lowest BCUT2D eigenvalue weighted by Gasteiger charge is -2.16. The molecule has 6 nitrogen and oxygen atoms in total. The number of sulfonamides is 2. The van der Waals surface area contributed by atoms with E-state index in [0.29, 0.717) is 5.56 Å². The van der Waals surface area contributed by atoms with Crippen LogP contribution in [-0.2, 0) is 20.0 Å². The van der Waals surface area contributed by atoms with Gasteiger partial charge in [0.25, 0.3) is 0 Å². The molecule has 1 aromatic carbocycles. The minimum Gasteiger partial charge on any atom is -0.225 e. The molecule has 1 atom stereocenters. The number of nitrogens with two attached hydrogens (primary N) is 1. The first-order valence-corrected chi connectivity index (χ1v) is 9.34. The molecular formula is C12H20N2O4S2. The fourth-order valence-electron chi connectivity index (χ4n) is 1.79. The molecule has 8 heteroatoms. The van der Waals surface area contributed by atoms with Crippen LogP contribution in [0, 0.1) is 5.92 Å². The SMILES string of the molecule is CC(C)CS(=O)(=O)NC(C)c1cccc(S(N)(=O)=O)c1. The molecule has 3 N–H and O–H groups in total. The van der Waals surface area contributed by atoms with Gasteiger partial charge in [-0.15, -0.1) is 0 Å². The summed E-state index contributed by atoms with van der Waals surface area (Å²) in [7, 11) is -7.21. The molecule has 0 aliphatic carbocycles. The van der Waals surface area contributed by atoms with E-state index in [1.165, 1.54) is 18.2 Å². The van der Waals surface area contributed by atoms with Crippen LogP contribution in [0.5, 0.6) is 0 Å². The lowest BCUT2D eigenvalue weighted by atomic mass is 10.1. The summed E-state index contributed by atoms with van der Waals surface area (Å²) in [6.45, 7) is 5.27. The van der Waals surface area contributed by atoms with Gasteiger partial charge in [-0.05, 0) is 30.5 Å². The summed E-state index contributed by atoms with van der Waals surface area (Å²) < 4.78 is 48.8. The fraction of sp³-hybridized carbons (Fsp3) is 0.500. The first kappa shape index (κ1) is 17.1. The highest BCUT2D eigenvalue weighted by Gasteiger charge is 2.18. The third kappa shape index (κ3) is 5.20. The molecule has 0 spiro atoms. The van der Waals surface area contributed by atoms with Crippen molar-refractivity contribution in [1.82, 2.24) is 4.72 Å². The van der Waals surface area contributed by atoms with Crippen LogP contribution in [0.2, 0.25) is 0 Å². The van der Waals surface area contributed by atoms with Crippen molar-refractivity contribution in [1.29, 1.82) is 0 Å². The molecule has 0 aliphatic rings. The van der Waals surface area contributed by atoms with Crippen molar-refractivity contribution in [2.45, 2.75) is 31.7 Å². The highest BCUT2D eigenvalue weighted by Crippen LogP contribution is 2.17. The highest BCUT2D eigenvalue weighted by atomic mass is 32.2. The minimum absolute atomic E-state index is 0.00968. The Hall–Kier alpha value is -0.960. The van der Waals surface area contributed by atoms with Crippen molar-refractivity contribution in [3.05, 3.63) is 29.8 Å². The summed E-state index contributed by atoms with van der Waals surface area (Å²) in [5.74, 6) is 0.0297. The molecule has 0 heterocycles. The lowest BCUT2D eigenvalue weighted by Crippen LogP contribution is -2.31. The zero-order valence-corrected chi connectivity index (χ0v) is 13.3. The molecule has 0 saturated heterocycles. The smallest absolute Gasteiger partial charge is 0.225 e. The lowest BCUT2D eigenvalue weighted by molar-refractivity contribution is 0.554. The Balaban J connectivity index is 2.97. The Morgan fingerprint density at radius 2 is 1.75 bits per heavy atom. The second-order valence-corrected chi connectivity index (χ2v) is 8.49. The molecule has 0 aliphatic heterocycles. The fourth-order valence-corrected chi connectivity index (χ4v) is 4.00. The van der Waals surface area contributed by atoms with Gasteiger partial charge in [-0.1, -0.05) is 26.0 Å². The standard InChI is InChI=1S/C12H20N2O4S2/c1-9(2)8-19(15,16)14-10(3)11-5-4-6-12(7-11)20(13,17)18/h4-7,9-10,14H,8H2,1-3H3,(H2,13,17,18). The summed E-state index contributed by atoms with van der Waals surface area (Å²) in [5, 5.41) is 5.05. The summed E-state index contributed by atoms with van der Waals surface area (Å²) in [6, 6.07) is 5.39. The monoisotopic (exact) mass is 320 g/mol. The number of primary sulfonamides is 1. The van der Waals surface area contributed by atoms with E-state index in [1.54, 1.807) is 13.0 Å². The van der Waals surface area contributed by atoms with Crippen LogP contribution >= 0.6 is 0 Å². The third-order valence-corrected chi connectivity index (χ3v) is 5.32. The van der Waals surface area contributed by atoms with E-state index in [0.717, 1.165) is 0 Å². The Kier molecular flexibility index (Phi) is 5.31. The van der Waals surface area contributed by atoms with Crippen LogP contribution in [0.1, 0.15) is 32.4 Å². The van der Waals surface area contributed by atoms with Crippen LogP contribution in [0.15, 0.2) is 29.2 Å². The molecule has 114 valence electrons. The van der Waals surface area contributed by atoms with E-state index in [4.69, 9.17) is 5.14 Å². The number of benzene rings is 1. The zero-order valence-electron chi connectivity index (χ0n) is 11.7. The van der Waals surface area contributed by atoms with Gasteiger partial charge in [0, 0.05) is 6.04 Å². The van der Waals surface area contributed by atoms with Crippen molar-refractivity contribution in [3.8, 4) is 0 Å². The van der Waals surface area contributed by atoms with Crippen LogP contribution in [0.3, 0.4) is 0 Å². The van der Waals surface area contributed by atoms with Gasteiger partial charge in [-0.3, -0.25) is 0 Å². The van der Waals surface area contributed by atoms with E-state index in [1.807, 2.05) is 13.8 Å². The molecular weight excluding hydrogens is 300 g/mol. The maximum Gasteiger partial charge on any atom is 0.238 e. The van der Waals surface area contributed by atoms with E-state index in [-0.39, 0.29) is 16.6 Å². The number of hydrogen-bond donors (Lipinski definition) is 2. The van der Waals surface area contributed by atoms with Gasteiger partial charge in [0.2, 0.25) is 20.0 Å². The van der Waals surface area contributed by atoms with Crippen molar-refractivity contribution in [2.24, 2.45) is 11.1 Å². The average molecular weight is 320 g/mol. The molecule has 20 heavy (non-hydrogen) atoms. The van der Waals surface area contributed by atoms with Crippen LogP contribution in [-0.4, -0.2) is 22.6 Å². The van der Waals surface area contributed by atoms with Crippen LogP contribution in [0.25, 0.3) is 0 Å². The summed E-state index contributed by atoms with van der Waals surface area (Å²) in [6.07, 6.45) is 0. The van der Waals surface area contributed by atoms with Crippen molar-refractivity contribution >= 4 is 20.0 Å². The Morgan fingerprint density at radius 1 is 1.15 bits per heavy atom. The third-order valence-electron chi connectivity index (χ3n) is 2.60. The molecule has 1 aromatic rings. The summed E-state index contributed by atoms with van der Waals surface area (Å²) >= 11 is 0. The van der Waals surface area contributed by atoms with Crippen LogP contribution < -0.4 is 9.86 Å². The Labute approximate surface area is 120 Å². The number of hydrogen-bond acceptors (Lipinski definition) is 4. The summed E-state index contributed by atoms with van der Waals surface area (Å²) in [5.41, 5.74) is 0.545. The second-order valence-electron chi connectivity index (χ2n) is 5.13. The normalized spacial score (nSPS) is 14.4. The predicted octanol–water partition coefficient (Wildman–Crippen LogP) is 0.970. The average Bonchev–Trinajstić information content (AvgIpc) is 2.25. The maximum absolute atomic E-state index is 11.9. The predicted molar refractivity (Wildman–Crippen MR) is 78.0 cm³/mol. The minimum atomic E-state index is -3.80. The molecule has 0 bridgehead atoms. The van der Waals surface area contributed by atoms with E-state index in [2.05, 4.69) is 4.72 Å². The van der Waals surface area contributed by atoms with Crippen molar-refractivity contribution in [2.75, 3.05) is 5.75 Å². The molecule has 0 radical (unpaired) electrons. The van der Waals surface area contributed by atoms with Crippen molar-refractivity contribution in [3.63, 3.8) is 0 Å². The summed E-state index contributed by atoms with van der Waals surface area (Å²) in [4.78, 5) is -0.0371. The number of nitrogens with one attached hydrogen (secondary N) is 1. The van der Waals surface area contributed by atoms with Gasteiger partial charge < -0.3 is 0 Å².